The van der Waals surface area contributed by atoms with E-state index in [0.717, 1.165) is 45.4 Å². The number of piperidine rings is 1. The summed E-state index contributed by atoms with van der Waals surface area (Å²) in [5.41, 5.74) is 0. The van der Waals surface area contributed by atoms with Crippen LogP contribution in [0.15, 0.2) is 0 Å². The number of nitrogens with zero attached hydrogens (tertiary/aromatic N) is 2. The maximum absolute atomic E-state index is 12.3. The van der Waals surface area contributed by atoms with Crippen LogP contribution in [0, 0.1) is 11.8 Å². The zero-order chi connectivity index (χ0) is 15.3. The SMILES string of the molecule is CCN1CCC(CNS(=O)(=O)N2CCC(CNC)CC2)C1. The van der Waals surface area contributed by atoms with Crippen molar-refractivity contribution in [3.63, 3.8) is 0 Å². The van der Waals surface area contributed by atoms with Crippen molar-refractivity contribution >= 4 is 10.2 Å². The molecule has 2 fully saturated rings. The molecule has 1 atom stereocenters. The van der Waals surface area contributed by atoms with Crippen molar-refractivity contribution in [3.8, 4) is 0 Å². The van der Waals surface area contributed by atoms with E-state index in [1.165, 1.54) is 0 Å². The van der Waals surface area contributed by atoms with Crippen molar-refractivity contribution in [2.24, 2.45) is 11.8 Å². The van der Waals surface area contributed by atoms with E-state index in [2.05, 4.69) is 21.9 Å². The molecule has 2 aliphatic heterocycles. The first kappa shape index (κ1) is 17.1. The fraction of sp³-hybridized carbons (Fsp3) is 1.00. The molecule has 0 aromatic heterocycles. The van der Waals surface area contributed by atoms with E-state index in [0.29, 0.717) is 31.5 Å². The summed E-state index contributed by atoms with van der Waals surface area (Å²) < 4.78 is 29.1. The molecule has 0 radical (unpaired) electrons. The second kappa shape index (κ2) is 7.87. The summed E-state index contributed by atoms with van der Waals surface area (Å²) >= 11 is 0. The van der Waals surface area contributed by atoms with Crippen LogP contribution in [0.3, 0.4) is 0 Å². The second-order valence-corrected chi connectivity index (χ2v) is 8.06. The minimum atomic E-state index is -3.29. The predicted octanol–water partition coefficient (Wildman–Crippen LogP) is 0.0940. The van der Waals surface area contributed by atoms with Gasteiger partial charge in [0, 0.05) is 26.2 Å². The summed E-state index contributed by atoms with van der Waals surface area (Å²) in [6.07, 6.45) is 3.00. The van der Waals surface area contributed by atoms with Crippen LogP contribution < -0.4 is 10.0 Å². The minimum absolute atomic E-state index is 0.460. The molecule has 2 aliphatic rings. The summed E-state index contributed by atoms with van der Waals surface area (Å²) in [4.78, 5) is 2.38. The van der Waals surface area contributed by atoms with Crippen LogP contribution in [0.5, 0.6) is 0 Å². The number of rotatable bonds is 7. The third-order valence-corrected chi connectivity index (χ3v) is 6.35. The topological polar surface area (TPSA) is 64.7 Å². The summed E-state index contributed by atoms with van der Waals surface area (Å²) in [7, 11) is -1.34. The molecule has 0 aliphatic carbocycles. The zero-order valence-electron chi connectivity index (χ0n) is 13.3. The van der Waals surface area contributed by atoms with Gasteiger partial charge < -0.3 is 10.2 Å². The highest BCUT2D eigenvalue weighted by Gasteiger charge is 2.29. The average Bonchev–Trinajstić information content (AvgIpc) is 2.94. The highest BCUT2D eigenvalue weighted by molar-refractivity contribution is 7.87. The van der Waals surface area contributed by atoms with Gasteiger partial charge in [-0.15, -0.1) is 0 Å². The molecule has 21 heavy (non-hydrogen) atoms. The molecule has 7 heteroatoms. The molecule has 0 spiro atoms. The maximum atomic E-state index is 12.3. The normalized spacial score (nSPS) is 26.5. The van der Waals surface area contributed by atoms with Gasteiger partial charge in [0.05, 0.1) is 0 Å². The predicted molar refractivity (Wildman–Crippen MR) is 85.4 cm³/mol. The van der Waals surface area contributed by atoms with Gasteiger partial charge in [-0.25, -0.2) is 4.72 Å². The van der Waals surface area contributed by atoms with E-state index in [1.807, 2.05) is 7.05 Å². The Morgan fingerprint density at radius 3 is 2.29 bits per heavy atom. The lowest BCUT2D eigenvalue weighted by atomic mass is 9.98. The lowest BCUT2D eigenvalue weighted by Gasteiger charge is -2.31. The summed E-state index contributed by atoms with van der Waals surface area (Å²) in [5, 5.41) is 3.17. The summed E-state index contributed by atoms with van der Waals surface area (Å²) in [5.74, 6) is 1.07. The fourth-order valence-corrected chi connectivity index (χ4v) is 4.64. The quantitative estimate of drug-likeness (QED) is 0.698. The van der Waals surface area contributed by atoms with E-state index < -0.39 is 10.2 Å². The Morgan fingerprint density at radius 1 is 1.05 bits per heavy atom. The zero-order valence-corrected chi connectivity index (χ0v) is 14.2. The van der Waals surface area contributed by atoms with Crippen molar-refractivity contribution in [1.29, 1.82) is 0 Å². The van der Waals surface area contributed by atoms with E-state index in [9.17, 15) is 8.42 Å². The lowest BCUT2D eigenvalue weighted by molar-refractivity contribution is 0.267. The molecule has 6 nitrogen and oxygen atoms in total. The fourth-order valence-electron chi connectivity index (χ4n) is 3.32. The molecule has 2 saturated heterocycles. The number of likely N-dealkylation sites (tertiary alicyclic amines) is 1. The highest BCUT2D eigenvalue weighted by Crippen LogP contribution is 2.19. The third-order valence-electron chi connectivity index (χ3n) is 4.78. The van der Waals surface area contributed by atoms with Crippen LogP contribution in [-0.2, 0) is 10.2 Å². The van der Waals surface area contributed by atoms with Crippen LogP contribution in [0.4, 0.5) is 0 Å². The Kier molecular flexibility index (Phi) is 6.43. The van der Waals surface area contributed by atoms with Crippen LogP contribution in [0.1, 0.15) is 26.2 Å². The molecule has 0 saturated carbocycles. The minimum Gasteiger partial charge on any atom is -0.319 e. The van der Waals surface area contributed by atoms with E-state index in [4.69, 9.17) is 0 Å². The molecule has 2 N–H and O–H groups in total. The molecule has 0 aromatic rings. The standard InChI is InChI=1S/C14H30N4O2S/c1-3-17-7-4-14(12-17)11-16-21(19,20)18-8-5-13(6-9-18)10-15-2/h13-16H,3-12H2,1-2H3. The number of hydrogen-bond acceptors (Lipinski definition) is 4. The Bertz CT molecular complexity index is 407. The lowest BCUT2D eigenvalue weighted by Crippen LogP contribution is -2.47. The van der Waals surface area contributed by atoms with E-state index >= 15 is 0 Å². The van der Waals surface area contributed by atoms with Crippen LogP contribution >= 0.6 is 0 Å². The van der Waals surface area contributed by atoms with Gasteiger partial charge in [0.15, 0.2) is 0 Å². The Labute approximate surface area is 129 Å². The van der Waals surface area contributed by atoms with E-state index in [-0.39, 0.29) is 0 Å². The smallest absolute Gasteiger partial charge is 0.279 e. The third kappa shape index (κ3) is 4.89. The Morgan fingerprint density at radius 2 is 1.71 bits per heavy atom. The highest BCUT2D eigenvalue weighted by atomic mass is 32.2. The Balaban J connectivity index is 1.75. The average molecular weight is 318 g/mol. The largest absolute Gasteiger partial charge is 0.319 e. The molecule has 2 heterocycles. The van der Waals surface area contributed by atoms with Crippen molar-refractivity contribution in [2.75, 3.05) is 52.9 Å². The number of hydrogen-bond donors (Lipinski definition) is 2. The van der Waals surface area contributed by atoms with Crippen LogP contribution in [0.25, 0.3) is 0 Å². The van der Waals surface area contributed by atoms with Gasteiger partial charge in [-0.1, -0.05) is 6.92 Å². The summed E-state index contributed by atoms with van der Waals surface area (Å²) in [6, 6.07) is 0. The second-order valence-electron chi connectivity index (χ2n) is 6.30. The monoisotopic (exact) mass is 318 g/mol. The molecular weight excluding hydrogens is 288 g/mol. The summed E-state index contributed by atoms with van der Waals surface area (Å²) in [6.45, 7) is 8.18. The van der Waals surface area contributed by atoms with Crippen molar-refractivity contribution in [1.82, 2.24) is 19.2 Å². The van der Waals surface area contributed by atoms with Crippen molar-refractivity contribution < 1.29 is 8.42 Å². The molecule has 124 valence electrons. The Hall–Kier alpha value is -0.210. The van der Waals surface area contributed by atoms with Gasteiger partial charge in [0.25, 0.3) is 10.2 Å². The first-order valence-electron chi connectivity index (χ1n) is 8.16. The molecule has 2 rings (SSSR count). The first-order valence-corrected chi connectivity index (χ1v) is 9.60. The number of nitrogens with one attached hydrogen (secondary N) is 2. The van der Waals surface area contributed by atoms with Gasteiger partial charge in [-0.2, -0.15) is 12.7 Å². The molecule has 1 unspecified atom stereocenters. The molecule has 0 aromatic carbocycles. The van der Waals surface area contributed by atoms with Crippen LogP contribution in [-0.4, -0.2) is 70.5 Å². The maximum Gasteiger partial charge on any atom is 0.279 e. The van der Waals surface area contributed by atoms with E-state index in [1.54, 1.807) is 4.31 Å². The molecule has 0 bridgehead atoms. The van der Waals surface area contributed by atoms with Gasteiger partial charge in [0.2, 0.25) is 0 Å². The van der Waals surface area contributed by atoms with Gasteiger partial charge in [-0.3, -0.25) is 0 Å². The van der Waals surface area contributed by atoms with Gasteiger partial charge >= 0.3 is 0 Å². The molecule has 0 amide bonds. The van der Waals surface area contributed by atoms with Crippen molar-refractivity contribution in [3.05, 3.63) is 0 Å². The van der Waals surface area contributed by atoms with Crippen LogP contribution in [0.2, 0.25) is 0 Å². The van der Waals surface area contributed by atoms with Gasteiger partial charge in [-0.05, 0) is 57.8 Å². The first-order chi connectivity index (χ1) is 10.0. The molecular formula is C14H30N4O2S. The van der Waals surface area contributed by atoms with Crippen molar-refractivity contribution in [2.45, 2.75) is 26.2 Å². The van der Waals surface area contributed by atoms with Gasteiger partial charge in [0.1, 0.15) is 0 Å².